The molecule has 2 saturated heterocycles. The number of piperazine rings is 1. The average molecular weight is 570 g/mol. The molecular formula is C27H25F6N3O4. The largest absolute Gasteiger partial charge is 0.444 e. The molecule has 0 saturated carbocycles. The Morgan fingerprint density at radius 2 is 1.60 bits per heavy atom. The summed E-state index contributed by atoms with van der Waals surface area (Å²) in [5.41, 5.74) is -2.76. The topological polar surface area (TPSA) is 70.2 Å². The van der Waals surface area contributed by atoms with Crippen LogP contribution in [0.15, 0.2) is 61.2 Å². The number of alkyl halides is 6. The first-order valence-electron chi connectivity index (χ1n) is 12.3. The minimum absolute atomic E-state index is 0.0143. The molecule has 7 nitrogen and oxygen atoms in total. The van der Waals surface area contributed by atoms with Gasteiger partial charge in [-0.25, -0.2) is 4.79 Å². The number of carbonyl (C=O) groups is 3. The van der Waals surface area contributed by atoms with E-state index >= 15 is 0 Å². The van der Waals surface area contributed by atoms with E-state index in [1.165, 1.54) is 20.8 Å². The molecule has 13 heteroatoms. The number of rotatable bonds is 6. The van der Waals surface area contributed by atoms with E-state index in [2.05, 4.69) is 6.58 Å². The normalized spacial score (nSPS) is 19.9. The maximum absolute atomic E-state index is 13.3. The van der Waals surface area contributed by atoms with E-state index in [0.717, 1.165) is 5.56 Å². The third kappa shape index (κ3) is 6.23. The molecule has 1 unspecified atom stereocenters. The van der Waals surface area contributed by atoms with Gasteiger partial charge in [-0.15, -0.1) is 6.58 Å². The van der Waals surface area contributed by atoms with Crippen LogP contribution in [0.3, 0.4) is 0 Å². The van der Waals surface area contributed by atoms with Crippen LogP contribution in [0.5, 0.6) is 0 Å². The van der Waals surface area contributed by atoms with Crippen molar-refractivity contribution >= 4 is 17.9 Å². The zero-order valence-electron chi connectivity index (χ0n) is 21.0. The van der Waals surface area contributed by atoms with Crippen LogP contribution in [0.2, 0.25) is 0 Å². The lowest BCUT2D eigenvalue weighted by atomic mass is 10.0. The lowest BCUT2D eigenvalue weighted by Gasteiger charge is -2.51. The Kier molecular flexibility index (Phi) is 8.13. The molecule has 0 aliphatic carbocycles. The fraction of sp³-hybridized carbons (Fsp3) is 0.370. The Morgan fingerprint density at radius 3 is 2.17 bits per heavy atom. The molecule has 0 bridgehead atoms. The highest BCUT2D eigenvalue weighted by molar-refractivity contribution is 5.90. The van der Waals surface area contributed by atoms with Crippen LogP contribution in [0.4, 0.5) is 31.1 Å². The Labute approximate surface area is 225 Å². The van der Waals surface area contributed by atoms with Gasteiger partial charge in [0.15, 0.2) is 0 Å². The fourth-order valence-electron chi connectivity index (χ4n) is 4.86. The molecule has 3 amide bonds. The van der Waals surface area contributed by atoms with Crippen molar-refractivity contribution in [1.82, 2.24) is 14.7 Å². The van der Waals surface area contributed by atoms with Crippen molar-refractivity contribution in [3.63, 3.8) is 0 Å². The van der Waals surface area contributed by atoms with Gasteiger partial charge in [0.2, 0.25) is 11.8 Å². The van der Waals surface area contributed by atoms with Gasteiger partial charge < -0.3 is 14.5 Å². The zero-order valence-corrected chi connectivity index (χ0v) is 21.0. The van der Waals surface area contributed by atoms with Crippen molar-refractivity contribution in [2.75, 3.05) is 13.1 Å². The molecular weight excluding hydrogens is 544 g/mol. The summed E-state index contributed by atoms with van der Waals surface area (Å²) in [5.74, 6) is -0.714. The van der Waals surface area contributed by atoms with E-state index in [9.17, 15) is 40.7 Å². The van der Waals surface area contributed by atoms with Gasteiger partial charge in [0, 0.05) is 19.5 Å². The minimum Gasteiger partial charge on any atom is -0.444 e. The second-order valence-corrected chi connectivity index (χ2v) is 9.44. The lowest BCUT2D eigenvalue weighted by Crippen LogP contribution is -2.71. The van der Waals surface area contributed by atoms with Gasteiger partial charge in [0.25, 0.3) is 0 Å². The number of fused-ring (bicyclic) bond motifs is 1. The number of benzene rings is 2. The Bertz CT molecular complexity index is 1250. The van der Waals surface area contributed by atoms with Gasteiger partial charge in [0.1, 0.15) is 18.8 Å². The summed E-state index contributed by atoms with van der Waals surface area (Å²) < 4.78 is 84.4. The number of carbonyl (C=O) groups excluding carboxylic acids is 3. The molecule has 2 aromatic carbocycles. The molecule has 2 aromatic rings. The summed E-state index contributed by atoms with van der Waals surface area (Å²) in [6.45, 7) is 2.80. The van der Waals surface area contributed by atoms with Crippen LogP contribution in [0.25, 0.3) is 0 Å². The van der Waals surface area contributed by atoms with Crippen LogP contribution in [-0.4, -0.2) is 57.9 Å². The molecule has 40 heavy (non-hydrogen) atoms. The highest BCUT2D eigenvalue weighted by Crippen LogP contribution is 2.36. The van der Waals surface area contributed by atoms with Gasteiger partial charge in [0.05, 0.1) is 17.7 Å². The van der Waals surface area contributed by atoms with E-state index in [1.54, 1.807) is 12.1 Å². The summed E-state index contributed by atoms with van der Waals surface area (Å²) in [7, 11) is 0. The van der Waals surface area contributed by atoms with E-state index in [0.29, 0.717) is 12.1 Å². The van der Waals surface area contributed by atoms with Gasteiger partial charge >= 0.3 is 18.4 Å². The first-order chi connectivity index (χ1) is 18.8. The lowest BCUT2D eigenvalue weighted by molar-refractivity contribution is -0.168. The van der Waals surface area contributed by atoms with Gasteiger partial charge in [-0.2, -0.15) is 26.3 Å². The van der Waals surface area contributed by atoms with Crippen LogP contribution >= 0.6 is 0 Å². The average Bonchev–Trinajstić information content (AvgIpc) is 2.89. The molecule has 0 N–H and O–H groups in total. The van der Waals surface area contributed by atoms with Crippen LogP contribution < -0.4 is 0 Å². The number of halogens is 6. The second-order valence-electron chi connectivity index (χ2n) is 9.44. The van der Waals surface area contributed by atoms with E-state index in [4.69, 9.17) is 4.74 Å². The predicted octanol–water partition coefficient (Wildman–Crippen LogP) is 5.21. The zero-order chi connectivity index (χ0) is 29.2. The summed E-state index contributed by atoms with van der Waals surface area (Å²) in [6, 6.07) is 9.02. The van der Waals surface area contributed by atoms with Crippen LogP contribution in [0, 0.1) is 0 Å². The first kappa shape index (κ1) is 29.0. The van der Waals surface area contributed by atoms with Crippen molar-refractivity contribution in [1.29, 1.82) is 0 Å². The molecule has 0 aromatic heterocycles. The second kappa shape index (κ2) is 11.2. The van der Waals surface area contributed by atoms with Gasteiger partial charge in [-0.3, -0.25) is 14.5 Å². The third-order valence-corrected chi connectivity index (χ3v) is 6.70. The van der Waals surface area contributed by atoms with Gasteiger partial charge in [-0.05, 0) is 35.7 Å². The molecule has 0 radical (unpaired) electrons. The van der Waals surface area contributed by atoms with E-state index in [-0.39, 0.29) is 50.4 Å². The predicted molar refractivity (Wildman–Crippen MR) is 129 cm³/mol. The van der Waals surface area contributed by atoms with Crippen molar-refractivity contribution in [2.24, 2.45) is 0 Å². The molecule has 214 valence electrons. The summed E-state index contributed by atoms with van der Waals surface area (Å²) >= 11 is 0. The smallest absolute Gasteiger partial charge is 0.416 e. The standard InChI is InChI=1S/C27H25F6N3O4/c1-2-6-21-24(38)34(14-17-7-4-3-5-8-17)15-22-35(10-9-23(37)36(21)22)25(39)40-16-18-11-19(26(28,29)30)13-20(12-18)27(31,32)33/h2-5,7-8,11-13,21-22H,1,6,9-10,14-16H2/t21-,22?/m0/s1. The SMILES string of the molecule is C=CC[C@H]1C(=O)N(Cc2ccccc2)CC2N(C(=O)OCc3cc(C(F)(F)F)cc(C(F)(F)F)c3)CCC(=O)N21. The summed E-state index contributed by atoms with van der Waals surface area (Å²) in [5, 5.41) is 0. The summed E-state index contributed by atoms with van der Waals surface area (Å²) in [6.07, 6.45) is -10.7. The Hall–Kier alpha value is -4.03. The van der Waals surface area contributed by atoms with Crippen molar-refractivity contribution in [2.45, 2.75) is 50.6 Å². The summed E-state index contributed by atoms with van der Waals surface area (Å²) in [4.78, 5) is 43.2. The number of nitrogens with zero attached hydrogens (tertiary/aromatic N) is 3. The molecule has 4 rings (SSSR count). The quantitative estimate of drug-likeness (QED) is 0.354. The van der Waals surface area contributed by atoms with Crippen molar-refractivity contribution < 1.29 is 45.5 Å². The number of hydrogen-bond donors (Lipinski definition) is 0. The third-order valence-electron chi connectivity index (χ3n) is 6.70. The number of ether oxygens (including phenoxy) is 1. The molecule has 0 spiro atoms. The maximum atomic E-state index is 13.3. The van der Waals surface area contributed by atoms with Crippen molar-refractivity contribution in [3.05, 3.63) is 83.4 Å². The van der Waals surface area contributed by atoms with E-state index in [1.807, 2.05) is 18.2 Å². The minimum atomic E-state index is -5.05. The monoisotopic (exact) mass is 569 g/mol. The van der Waals surface area contributed by atoms with Crippen molar-refractivity contribution in [3.8, 4) is 0 Å². The molecule has 2 fully saturated rings. The first-order valence-corrected chi connectivity index (χ1v) is 12.3. The highest BCUT2D eigenvalue weighted by atomic mass is 19.4. The number of hydrogen-bond acceptors (Lipinski definition) is 4. The van der Waals surface area contributed by atoms with Gasteiger partial charge in [-0.1, -0.05) is 36.4 Å². The fourth-order valence-corrected chi connectivity index (χ4v) is 4.86. The maximum Gasteiger partial charge on any atom is 0.416 e. The Balaban J connectivity index is 1.57. The highest BCUT2D eigenvalue weighted by Gasteiger charge is 2.48. The van der Waals surface area contributed by atoms with Crippen LogP contribution in [0.1, 0.15) is 35.1 Å². The van der Waals surface area contributed by atoms with E-state index < -0.39 is 54.0 Å². The molecule has 2 atom stereocenters. The van der Waals surface area contributed by atoms with Crippen LogP contribution in [-0.2, 0) is 39.8 Å². The molecule has 2 aliphatic rings. The Morgan fingerprint density at radius 1 is 0.975 bits per heavy atom. The number of amides is 3. The molecule has 2 heterocycles. The molecule has 2 aliphatic heterocycles.